The first-order valence-corrected chi connectivity index (χ1v) is 5.06. The van der Waals surface area contributed by atoms with E-state index in [4.69, 9.17) is 15.9 Å². The van der Waals surface area contributed by atoms with Gasteiger partial charge in [0.1, 0.15) is 11.4 Å². The Bertz CT molecular complexity index is 309. The summed E-state index contributed by atoms with van der Waals surface area (Å²) in [4.78, 5) is 22.4. The average Bonchev–Trinajstić information content (AvgIpc) is 2.13. The zero-order valence-corrected chi connectivity index (χ0v) is 10.5. The minimum Gasteiger partial charge on any atom is -0.469 e. The smallest absolute Gasteiger partial charge is 0.408 e. The van der Waals surface area contributed by atoms with Crippen LogP contribution in [0.4, 0.5) is 4.79 Å². The number of nitrogens with two attached hydrogens (primary N) is 1. The first-order valence-electron chi connectivity index (χ1n) is 5.06. The van der Waals surface area contributed by atoms with E-state index in [1.54, 1.807) is 20.8 Å². The maximum Gasteiger partial charge on any atom is 0.408 e. The lowest BCUT2D eigenvalue weighted by molar-refractivity contribution is -0.140. The summed E-state index contributed by atoms with van der Waals surface area (Å²) in [7, 11) is 1.22. The highest BCUT2D eigenvalue weighted by molar-refractivity contribution is 5.90. The Morgan fingerprint density at radius 2 is 1.94 bits per heavy atom. The van der Waals surface area contributed by atoms with E-state index in [0.29, 0.717) is 0 Å². The summed E-state index contributed by atoms with van der Waals surface area (Å²) < 4.78 is 9.41. The first-order chi connectivity index (χ1) is 7.65. The fourth-order valence-electron chi connectivity index (χ4n) is 0.939. The third-order valence-electron chi connectivity index (χ3n) is 1.66. The number of alkyl carbamates (subject to hydrolysis) is 1. The van der Waals surface area contributed by atoms with Crippen molar-refractivity contribution in [2.45, 2.75) is 38.8 Å². The molecule has 0 rings (SSSR count). The highest BCUT2D eigenvalue weighted by atomic mass is 16.6. The second-order valence-corrected chi connectivity index (χ2v) is 4.43. The number of amidine groups is 1. The number of hydrogen-bond donors (Lipinski definition) is 3. The van der Waals surface area contributed by atoms with E-state index in [1.165, 1.54) is 7.11 Å². The van der Waals surface area contributed by atoms with E-state index in [-0.39, 0.29) is 12.3 Å². The van der Waals surface area contributed by atoms with E-state index in [1.807, 2.05) is 0 Å². The van der Waals surface area contributed by atoms with Gasteiger partial charge in [-0.2, -0.15) is 0 Å². The molecule has 0 saturated heterocycles. The van der Waals surface area contributed by atoms with Crippen LogP contribution >= 0.6 is 0 Å². The third kappa shape index (κ3) is 7.15. The Balaban J connectivity index is 4.41. The molecule has 1 atom stereocenters. The summed E-state index contributed by atoms with van der Waals surface area (Å²) in [6.07, 6.45) is -0.938. The van der Waals surface area contributed by atoms with Crippen LogP contribution in [0, 0.1) is 5.41 Å². The standard InChI is InChI=1S/C10H19N3O4/c1-10(2,3)17-9(15)13-6(8(11)12)5-7(14)16-4/h6H,5H2,1-4H3,(H3,11,12)(H,13,15). The van der Waals surface area contributed by atoms with Crippen LogP contribution in [0.5, 0.6) is 0 Å². The number of carbonyl (C=O) groups excluding carboxylic acids is 2. The highest BCUT2D eigenvalue weighted by Gasteiger charge is 2.23. The number of methoxy groups -OCH3 is 1. The van der Waals surface area contributed by atoms with Crippen LogP contribution in [0.15, 0.2) is 0 Å². The minimum absolute atomic E-state index is 0.203. The van der Waals surface area contributed by atoms with E-state index in [2.05, 4.69) is 10.1 Å². The molecule has 7 nitrogen and oxygen atoms in total. The van der Waals surface area contributed by atoms with Gasteiger partial charge in [-0.1, -0.05) is 0 Å². The van der Waals surface area contributed by atoms with Crippen molar-refractivity contribution in [3.63, 3.8) is 0 Å². The predicted molar refractivity (Wildman–Crippen MR) is 61.7 cm³/mol. The predicted octanol–water partition coefficient (Wildman–Crippen LogP) is 0.379. The molecule has 0 aliphatic heterocycles. The Morgan fingerprint density at radius 3 is 2.29 bits per heavy atom. The molecule has 0 aromatic carbocycles. The van der Waals surface area contributed by atoms with Crippen LogP contribution in [0.3, 0.4) is 0 Å². The quantitative estimate of drug-likeness (QED) is 0.376. The average molecular weight is 245 g/mol. The Labute approximate surface area is 100 Å². The summed E-state index contributed by atoms with van der Waals surface area (Å²) >= 11 is 0. The van der Waals surface area contributed by atoms with Crippen LogP contribution in [-0.4, -0.2) is 36.7 Å². The van der Waals surface area contributed by atoms with Crippen molar-refractivity contribution in [1.82, 2.24) is 5.32 Å². The molecule has 7 heteroatoms. The van der Waals surface area contributed by atoms with E-state index in [0.717, 1.165) is 0 Å². The summed E-state index contributed by atoms with van der Waals surface area (Å²) in [5.41, 5.74) is 4.60. The molecule has 0 heterocycles. The van der Waals surface area contributed by atoms with Gasteiger partial charge in [0.05, 0.1) is 19.6 Å². The summed E-state index contributed by atoms with van der Waals surface area (Å²) in [5, 5.41) is 9.57. The molecular formula is C10H19N3O4. The fourth-order valence-corrected chi connectivity index (χ4v) is 0.939. The molecule has 0 aliphatic carbocycles. The molecule has 1 amide bonds. The van der Waals surface area contributed by atoms with Gasteiger partial charge in [0, 0.05) is 0 Å². The molecule has 0 radical (unpaired) electrons. The minimum atomic E-state index is -0.919. The number of rotatable bonds is 4. The van der Waals surface area contributed by atoms with Crippen LogP contribution in [0.25, 0.3) is 0 Å². The second kappa shape index (κ2) is 6.07. The van der Waals surface area contributed by atoms with Crippen molar-refractivity contribution in [1.29, 1.82) is 5.41 Å². The number of ether oxygens (including phenoxy) is 2. The third-order valence-corrected chi connectivity index (χ3v) is 1.66. The van der Waals surface area contributed by atoms with Gasteiger partial charge in [0.2, 0.25) is 0 Å². The zero-order chi connectivity index (χ0) is 13.6. The molecule has 0 saturated carbocycles. The lowest BCUT2D eigenvalue weighted by atomic mass is 10.2. The van der Waals surface area contributed by atoms with Gasteiger partial charge in [0.15, 0.2) is 0 Å². The summed E-state index contributed by atoms with van der Waals surface area (Å²) in [6, 6.07) is -0.919. The molecule has 0 aromatic heterocycles. The van der Waals surface area contributed by atoms with Crippen molar-refractivity contribution >= 4 is 17.9 Å². The number of esters is 1. The molecule has 0 aromatic rings. The maximum atomic E-state index is 11.4. The topological polar surface area (TPSA) is 114 Å². The van der Waals surface area contributed by atoms with Crippen LogP contribution in [0.1, 0.15) is 27.2 Å². The number of amides is 1. The molecule has 0 fully saturated rings. The second-order valence-electron chi connectivity index (χ2n) is 4.43. The van der Waals surface area contributed by atoms with Crippen molar-refractivity contribution < 1.29 is 19.1 Å². The van der Waals surface area contributed by atoms with Gasteiger partial charge in [-0.3, -0.25) is 10.2 Å². The summed E-state index contributed by atoms with van der Waals surface area (Å²) in [5.74, 6) is -0.900. The number of nitrogens with one attached hydrogen (secondary N) is 2. The van der Waals surface area contributed by atoms with Gasteiger partial charge >= 0.3 is 12.1 Å². The highest BCUT2D eigenvalue weighted by Crippen LogP contribution is 2.07. The Kier molecular flexibility index (Phi) is 5.43. The van der Waals surface area contributed by atoms with Gasteiger partial charge in [-0.25, -0.2) is 4.79 Å². The molecule has 0 aliphatic rings. The molecule has 0 spiro atoms. The van der Waals surface area contributed by atoms with Gasteiger partial charge in [-0.15, -0.1) is 0 Å². The van der Waals surface area contributed by atoms with Crippen molar-refractivity contribution in [3.8, 4) is 0 Å². The fraction of sp³-hybridized carbons (Fsp3) is 0.700. The van der Waals surface area contributed by atoms with Crippen LogP contribution in [0.2, 0.25) is 0 Å². The lowest BCUT2D eigenvalue weighted by Gasteiger charge is -2.22. The first kappa shape index (κ1) is 15.2. The van der Waals surface area contributed by atoms with Gasteiger partial charge < -0.3 is 20.5 Å². The Hall–Kier alpha value is -1.79. The SMILES string of the molecule is COC(=O)CC(NC(=O)OC(C)(C)C)C(=N)N. The largest absolute Gasteiger partial charge is 0.469 e. The maximum absolute atomic E-state index is 11.4. The molecule has 1 unspecified atom stereocenters. The van der Waals surface area contributed by atoms with E-state index >= 15 is 0 Å². The van der Waals surface area contributed by atoms with E-state index < -0.39 is 23.7 Å². The molecular weight excluding hydrogens is 226 g/mol. The molecule has 4 N–H and O–H groups in total. The molecule has 17 heavy (non-hydrogen) atoms. The number of carbonyl (C=O) groups is 2. The van der Waals surface area contributed by atoms with Crippen LogP contribution in [-0.2, 0) is 14.3 Å². The van der Waals surface area contributed by atoms with Crippen molar-refractivity contribution in [3.05, 3.63) is 0 Å². The van der Waals surface area contributed by atoms with E-state index in [9.17, 15) is 9.59 Å². The van der Waals surface area contributed by atoms with Gasteiger partial charge in [-0.05, 0) is 20.8 Å². The molecule has 98 valence electrons. The summed E-state index contributed by atoms with van der Waals surface area (Å²) in [6.45, 7) is 5.11. The monoisotopic (exact) mass is 245 g/mol. The zero-order valence-electron chi connectivity index (χ0n) is 10.5. The van der Waals surface area contributed by atoms with Crippen LogP contribution < -0.4 is 11.1 Å². The lowest BCUT2D eigenvalue weighted by Crippen LogP contribution is -2.47. The normalized spacial score (nSPS) is 12.5. The number of hydrogen-bond acceptors (Lipinski definition) is 5. The molecule has 0 bridgehead atoms. The Morgan fingerprint density at radius 1 is 1.41 bits per heavy atom. The van der Waals surface area contributed by atoms with Crippen molar-refractivity contribution in [2.24, 2.45) is 5.73 Å². The van der Waals surface area contributed by atoms with Crippen molar-refractivity contribution in [2.75, 3.05) is 7.11 Å². The van der Waals surface area contributed by atoms with Gasteiger partial charge in [0.25, 0.3) is 0 Å².